The van der Waals surface area contributed by atoms with Gasteiger partial charge >= 0.3 is 22.1 Å². The van der Waals surface area contributed by atoms with E-state index in [9.17, 15) is 18.0 Å². The van der Waals surface area contributed by atoms with Crippen molar-refractivity contribution in [3.8, 4) is 5.75 Å². The molecule has 2 rings (SSSR count). The van der Waals surface area contributed by atoms with E-state index in [1.165, 1.54) is 24.3 Å². The largest absolute Gasteiger partial charge is 0.463 e. The molecule has 0 aliphatic rings. The lowest BCUT2D eigenvalue weighted by Gasteiger charge is -2.27. The van der Waals surface area contributed by atoms with Gasteiger partial charge in [-0.25, -0.2) is 0 Å². The molecule has 0 heterocycles. The van der Waals surface area contributed by atoms with Crippen molar-refractivity contribution in [1.29, 1.82) is 0 Å². The molecule has 0 saturated carbocycles. The van der Waals surface area contributed by atoms with Crippen LogP contribution in [0.5, 0.6) is 5.75 Å². The zero-order valence-corrected chi connectivity index (χ0v) is 20.3. The van der Waals surface area contributed by atoms with Crippen molar-refractivity contribution >= 4 is 22.1 Å². The minimum atomic E-state index is -4.00. The lowest BCUT2D eigenvalue weighted by Crippen LogP contribution is -2.42. The van der Waals surface area contributed by atoms with Crippen LogP contribution in [0, 0.1) is 0 Å². The Morgan fingerprint density at radius 2 is 1.55 bits per heavy atom. The quantitative estimate of drug-likeness (QED) is 0.430. The number of hydrogen-bond donors (Lipinski definition) is 1. The summed E-state index contributed by atoms with van der Waals surface area (Å²) in [6.07, 6.45) is -0.476. The Labute approximate surface area is 195 Å². The highest BCUT2D eigenvalue weighted by Gasteiger charge is 2.32. The highest BCUT2D eigenvalue weighted by molar-refractivity contribution is 7.87. The molecule has 9 heteroatoms. The highest BCUT2D eigenvalue weighted by Crippen LogP contribution is 2.28. The van der Waals surface area contributed by atoms with Crippen LogP contribution in [-0.4, -0.2) is 38.1 Å². The summed E-state index contributed by atoms with van der Waals surface area (Å²) in [6.45, 7) is 8.61. The molecule has 8 nitrogen and oxygen atoms in total. The fourth-order valence-electron chi connectivity index (χ4n) is 3.01. The first-order valence-corrected chi connectivity index (χ1v) is 12.0. The van der Waals surface area contributed by atoms with Gasteiger partial charge in [0, 0.05) is 5.92 Å². The smallest absolute Gasteiger partial charge is 0.339 e. The van der Waals surface area contributed by atoms with Crippen LogP contribution in [0.1, 0.15) is 52.5 Å². The predicted octanol–water partition coefficient (Wildman–Crippen LogP) is 3.55. The van der Waals surface area contributed by atoms with Gasteiger partial charge in [-0.1, -0.05) is 30.3 Å². The van der Waals surface area contributed by atoms with Gasteiger partial charge in [-0.15, -0.1) is 0 Å². The summed E-state index contributed by atoms with van der Waals surface area (Å²) in [5.41, 5.74) is 5.98. The summed E-state index contributed by atoms with van der Waals surface area (Å²) >= 11 is 0. The Bertz CT molecular complexity index is 1040. The number of esters is 2. The van der Waals surface area contributed by atoms with E-state index in [4.69, 9.17) is 19.4 Å². The molecule has 0 amide bonds. The van der Waals surface area contributed by atoms with Gasteiger partial charge in [0.25, 0.3) is 0 Å². The Morgan fingerprint density at radius 3 is 2.06 bits per heavy atom. The number of benzene rings is 2. The zero-order valence-electron chi connectivity index (χ0n) is 19.5. The normalized spacial score (nSPS) is 13.8. The Hall–Kier alpha value is -2.91. The van der Waals surface area contributed by atoms with E-state index in [1.807, 2.05) is 0 Å². The molecular weight excluding hydrogens is 446 g/mol. The molecule has 0 aliphatic carbocycles. The van der Waals surface area contributed by atoms with E-state index in [-0.39, 0.29) is 23.2 Å². The molecule has 0 aliphatic heterocycles. The summed E-state index contributed by atoms with van der Waals surface area (Å²) in [5.74, 6) is -1.83. The van der Waals surface area contributed by atoms with Crippen molar-refractivity contribution in [3.63, 3.8) is 0 Å². The first-order chi connectivity index (χ1) is 15.3. The maximum absolute atomic E-state index is 12.6. The zero-order chi connectivity index (χ0) is 24.8. The van der Waals surface area contributed by atoms with Crippen molar-refractivity contribution in [2.75, 3.05) is 0 Å². The van der Waals surface area contributed by atoms with Gasteiger partial charge in [-0.3, -0.25) is 9.59 Å². The molecule has 0 aromatic heterocycles. The lowest BCUT2D eigenvalue weighted by molar-refractivity contribution is -0.157. The van der Waals surface area contributed by atoms with E-state index in [0.717, 1.165) is 0 Å². The highest BCUT2D eigenvalue weighted by atomic mass is 32.2. The number of nitrogens with two attached hydrogens (primary N) is 1. The second kappa shape index (κ2) is 10.8. The number of hydrogen-bond acceptors (Lipinski definition) is 8. The van der Waals surface area contributed by atoms with Crippen LogP contribution >= 0.6 is 0 Å². The maximum atomic E-state index is 12.6. The van der Waals surface area contributed by atoms with Crippen molar-refractivity contribution in [2.45, 2.75) is 69.6 Å². The number of carbonyl (C=O) groups is 2. The van der Waals surface area contributed by atoms with Crippen LogP contribution in [0.3, 0.4) is 0 Å². The third-order valence-corrected chi connectivity index (χ3v) is 5.67. The number of ether oxygens (including phenoxy) is 2. The van der Waals surface area contributed by atoms with E-state index >= 15 is 0 Å². The first-order valence-electron chi connectivity index (χ1n) is 10.6. The van der Waals surface area contributed by atoms with Gasteiger partial charge in [0.1, 0.15) is 22.3 Å². The van der Waals surface area contributed by atoms with E-state index < -0.39 is 39.6 Å². The van der Waals surface area contributed by atoms with Crippen LogP contribution in [0.15, 0.2) is 59.5 Å². The third-order valence-electron chi connectivity index (χ3n) is 4.41. The minimum absolute atomic E-state index is 0.0235. The molecule has 0 spiro atoms. The SMILES string of the molecule is CC(C)OC(=O)CC(c1ccc(OS(=O)(=O)c2ccccc2)cc1)C(N)C(=O)OC(C)(C)C. The second-order valence-corrected chi connectivity index (χ2v) is 10.4. The van der Waals surface area contributed by atoms with Crippen molar-refractivity contribution < 1.29 is 31.7 Å². The molecule has 2 unspecified atom stereocenters. The Kier molecular flexibility index (Phi) is 8.63. The second-order valence-electron chi connectivity index (χ2n) is 8.83. The van der Waals surface area contributed by atoms with Crippen LogP contribution in [-0.2, 0) is 29.2 Å². The van der Waals surface area contributed by atoms with Crippen LogP contribution in [0.4, 0.5) is 0 Å². The van der Waals surface area contributed by atoms with E-state index in [2.05, 4.69) is 0 Å². The molecule has 0 bridgehead atoms. The predicted molar refractivity (Wildman–Crippen MR) is 123 cm³/mol. The number of rotatable bonds is 9. The van der Waals surface area contributed by atoms with E-state index in [1.54, 1.807) is 65.0 Å². The van der Waals surface area contributed by atoms with Crippen LogP contribution in [0.25, 0.3) is 0 Å². The van der Waals surface area contributed by atoms with Gasteiger partial charge in [0.15, 0.2) is 0 Å². The molecule has 33 heavy (non-hydrogen) atoms. The molecule has 0 radical (unpaired) electrons. The molecule has 2 aromatic rings. The van der Waals surface area contributed by atoms with Crippen molar-refractivity contribution in [1.82, 2.24) is 0 Å². The molecule has 0 fully saturated rings. The molecule has 2 aromatic carbocycles. The lowest BCUT2D eigenvalue weighted by atomic mass is 9.88. The molecule has 2 N–H and O–H groups in total. The van der Waals surface area contributed by atoms with Crippen molar-refractivity contribution in [2.24, 2.45) is 5.73 Å². The summed E-state index contributed by atoms with van der Waals surface area (Å²) < 4.78 is 40.7. The molecular formula is C24H31NO7S. The molecule has 2 atom stereocenters. The summed E-state index contributed by atoms with van der Waals surface area (Å²) in [4.78, 5) is 24.9. The molecule has 180 valence electrons. The maximum Gasteiger partial charge on any atom is 0.339 e. The average molecular weight is 478 g/mol. The summed E-state index contributed by atoms with van der Waals surface area (Å²) in [7, 11) is -4.00. The van der Waals surface area contributed by atoms with Gasteiger partial charge in [-0.05, 0) is 64.4 Å². The summed E-state index contributed by atoms with van der Waals surface area (Å²) in [6, 6.07) is 12.6. The Morgan fingerprint density at radius 1 is 0.970 bits per heavy atom. The topological polar surface area (TPSA) is 122 Å². The van der Waals surface area contributed by atoms with E-state index in [0.29, 0.717) is 5.56 Å². The van der Waals surface area contributed by atoms with Crippen LogP contribution < -0.4 is 9.92 Å². The fourth-order valence-corrected chi connectivity index (χ4v) is 3.96. The van der Waals surface area contributed by atoms with Crippen LogP contribution in [0.2, 0.25) is 0 Å². The standard InChI is InChI=1S/C24H31NO7S/c1-16(2)30-21(26)15-20(22(25)23(27)31-24(3,4)5)17-11-13-18(14-12-17)32-33(28,29)19-9-7-6-8-10-19/h6-14,16,20,22H,15,25H2,1-5H3. The minimum Gasteiger partial charge on any atom is -0.463 e. The van der Waals surface area contributed by atoms with Gasteiger partial charge in [0.05, 0.1) is 12.5 Å². The third kappa shape index (κ3) is 8.18. The number of carbonyl (C=O) groups excluding carboxylic acids is 2. The molecule has 0 saturated heterocycles. The first kappa shape index (κ1) is 26.3. The van der Waals surface area contributed by atoms with Gasteiger partial charge in [-0.2, -0.15) is 8.42 Å². The van der Waals surface area contributed by atoms with Gasteiger partial charge < -0.3 is 19.4 Å². The summed E-state index contributed by atoms with van der Waals surface area (Å²) in [5, 5.41) is 0. The fraction of sp³-hybridized carbons (Fsp3) is 0.417. The monoisotopic (exact) mass is 477 g/mol. The Balaban J connectivity index is 2.27. The van der Waals surface area contributed by atoms with Gasteiger partial charge in [0.2, 0.25) is 0 Å². The average Bonchev–Trinajstić information content (AvgIpc) is 2.71. The van der Waals surface area contributed by atoms with Crippen molar-refractivity contribution in [3.05, 3.63) is 60.2 Å².